The Kier molecular flexibility index (Phi) is 3.05. The van der Waals surface area contributed by atoms with E-state index >= 15 is 0 Å². The van der Waals surface area contributed by atoms with Crippen LogP contribution in [-0.4, -0.2) is 21.4 Å². The van der Waals surface area contributed by atoms with Crippen molar-refractivity contribution in [2.24, 2.45) is 5.73 Å². The largest absolute Gasteiger partial charge is 0.374 e. The average molecular weight is 278 g/mol. The maximum Gasteiger partial charge on any atom is 0.193 e. The van der Waals surface area contributed by atoms with Gasteiger partial charge in [-0.15, -0.1) is 0 Å². The molecule has 0 aliphatic carbocycles. The molecule has 3 heterocycles. The number of aromatic nitrogens is 2. The minimum absolute atomic E-state index is 0.294. The normalized spacial score (nSPS) is 14.7. The quantitative estimate of drug-likeness (QED) is 0.787. The van der Waals surface area contributed by atoms with Crippen molar-refractivity contribution in [3.63, 3.8) is 0 Å². The van der Waals surface area contributed by atoms with Gasteiger partial charge in [-0.05, 0) is 42.9 Å². The molecule has 1 aliphatic heterocycles. The summed E-state index contributed by atoms with van der Waals surface area (Å²) in [6.45, 7) is 0.949. The number of thiocarbonyl (C=S) groups is 1. The van der Waals surface area contributed by atoms with Crippen LogP contribution in [0.15, 0.2) is 16.8 Å². The van der Waals surface area contributed by atoms with E-state index in [9.17, 15) is 0 Å². The van der Waals surface area contributed by atoms with Crippen LogP contribution in [0.25, 0.3) is 11.3 Å². The molecule has 0 spiro atoms. The standard InChI is InChI=1S/C12H14N4S2/c13-12(17)16-11-9(3-1-2-5-14-11)10(15-16)8-4-6-18-7-8/h4,6-7,14H,1-3,5H2,(H2,13,17). The maximum atomic E-state index is 5.75. The van der Waals surface area contributed by atoms with Gasteiger partial charge in [0, 0.05) is 23.1 Å². The van der Waals surface area contributed by atoms with Crippen LogP contribution in [0.1, 0.15) is 18.4 Å². The summed E-state index contributed by atoms with van der Waals surface area (Å²) in [5.74, 6) is 0.973. The van der Waals surface area contributed by atoms with Crippen LogP contribution in [0, 0.1) is 0 Å². The number of hydrogen-bond donors (Lipinski definition) is 2. The molecule has 3 N–H and O–H groups in total. The van der Waals surface area contributed by atoms with Crippen molar-refractivity contribution >= 4 is 34.5 Å². The number of anilines is 1. The molecule has 0 bridgehead atoms. The van der Waals surface area contributed by atoms with Gasteiger partial charge >= 0.3 is 0 Å². The van der Waals surface area contributed by atoms with Gasteiger partial charge in [-0.3, -0.25) is 0 Å². The highest BCUT2D eigenvalue weighted by atomic mass is 32.1. The Morgan fingerprint density at radius 3 is 3.11 bits per heavy atom. The molecule has 0 unspecified atom stereocenters. The van der Waals surface area contributed by atoms with Crippen molar-refractivity contribution in [2.45, 2.75) is 19.3 Å². The van der Waals surface area contributed by atoms with Crippen molar-refractivity contribution in [1.82, 2.24) is 9.78 Å². The van der Waals surface area contributed by atoms with Crippen molar-refractivity contribution in [3.05, 3.63) is 22.4 Å². The topological polar surface area (TPSA) is 55.9 Å². The first-order chi connectivity index (χ1) is 8.77. The number of hydrogen-bond acceptors (Lipinski definition) is 4. The molecule has 2 aromatic rings. The maximum absolute atomic E-state index is 5.75. The number of rotatable bonds is 1. The highest BCUT2D eigenvalue weighted by Gasteiger charge is 2.21. The molecule has 18 heavy (non-hydrogen) atoms. The molecule has 0 saturated carbocycles. The van der Waals surface area contributed by atoms with Crippen LogP contribution in [0.5, 0.6) is 0 Å². The third-order valence-corrected chi connectivity index (χ3v) is 3.99. The Labute approximate surface area is 115 Å². The fraction of sp³-hybridized carbons (Fsp3) is 0.333. The lowest BCUT2D eigenvalue weighted by Gasteiger charge is -2.06. The van der Waals surface area contributed by atoms with Gasteiger partial charge in [0.05, 0.1) is 5.69 Å². The highest BCUT2D eigenvalue weighted by Crippen LogP contribution is 2.32. The molecular weight excluding hydrogens is 264 g/mol. The summed E-state index contributed by atoms with van der Waals surface area (Å²) >= 11 is 6.75. The summed E-state index contributed by atoms with van der Waals surface area (Å²) in [5.41, 5.74) is 9.14. The molecular formula is C12H14N4S2. The van der Waals surface area contributed by atoms with E-state index in [0.29, 0.717) is 5.11 Å². The second-order valence-corrected chi connectivity index (χ2v) is 5.52. The van der Waals surface area contributed by atoms with Gasteiger partial charge in [-0.1, -0.05) is 0 Å². The minimum Gasteiger partial charge on any atom is -0.374 e. The van der Waals surface area contributed by atoms with E-state index in [1.54, 1.807) is 16.0 Å². The third kappa shape index (κ3) is 1.91. The van der Waals surface area contributed by atoms with Crippen molar-refractivity contribution < 1.29 is 0 Å². The van der Waals surface area contributed by atoms with Gasteiger partial charge in [-0.25, -0.2) is 0 Å². The van der Waals surface area contributed by atoms with Crippen LogP contribution < -0.4 is 11.1 Å². The molecule has 0 saturated heterocycles. The van der Waals surface area contributed by atoms with E-state index in [1.165, 1.54) is 12.0 Å². The summed E-state index contributed by atoms with van der Waals surface area (Å²) in [6, 6.07) is 2.09. The zero-order valence-corrected chi connectivity index (χ0v) is 11.5. The smallest absolute Gasteiger partial charge is 0.193 e. The van der Waals surface area contributed by atoms with Crippen LogP contribution in [0.3, 0.4) is 0 Å². The lowest BCUT2D eigenvalue weighted by atomic mass is 10.1. The highest BCUT2D eigenvalue weighted by molar-refractivity contribution is 7.80. The van der Waals surface area contributed by atoms with Crippen molar-refractivity contribution in [3.8, 4) is 11.3 Å². The fourth-order valence-corrected chi connectivity index (χ4v) is 3.07. The van der Waals surface area contributed by atoms with Crippen molar-refractivity contribution in [1.29, 1.82) is 0 Å². The Morgan fingerprint density at radius 1 is 1.50 bits per heavy atom. The van der Waals surface area contributed by atoms with Crippen LogP contribution in [-0.2, 0) is 6.42 Å². The number of nitrogens with two attached hydrogens (primary N) is 1. The Morgan fingerprint density at radius 2 is 2.39 bits per heavy atom. The third-order valence-electron chi connectivity index (χ3n) is 3.13. The van der Waals surface area contributed by atoms with Gasteiger partial charge in [-0.2, -0.15) is 21.1 Å². The molecule has 0 amide bonds. The monoisotopic (exact) mass is 278 g/mol. The summed E-state index contributed by atoms with van der Waals surface area (Å²) < 4.78 is 1.66. The van der Waals surface area contributed by atoms with E-state index < -0.39 is 0 Å². The van der Waals surface area contributed by atoms with Gasteiger partial charge < -0.3 is 11.1 Å². The van der Waals surface area contributed by atoms with Crippen LogP contribution >= 0.6 is 23.6 Å². The SMILES string of the molecule is NC(=S)n1nc(-c2ccsc2)c2c1NCCCC2. The Bertz CT molecular complexity index is 571. The number of fused-ring (bicyclic) bond motifs is 1. The molecule has 0 aromatic carbocycles. The van der Waals surface area contributed by atoms with Gasteiger partial charge in [0.25, 0.3) is 0 Å². The first kappa shape index (κ1) is 11.7. The predicted octanol–water partition coefficient (Wildman–Crippen LogP) is 2.45. The molecule has 2 aromatic heterocycles. The summed E-state index contributed by atoms with van der Waals surface area (Å²) in [5, 5.41) is 12.4. The molecule has 0 radical (unpaired) electrons. The zero-order chi connectivity index (χ0) is 12.5. The second-order valence-electron chi connectivity index (χ2n) is 4.32. The fourth-order valence-electron chi connectivity index (χ4n) is 2.29. The van der Waals surface area contributed by atoms with E-state index in [2.05, 4.69) is 27.2 Å². The lowest BCUT2D eigenvalue weighted by Crippen LogP contribution is -2.22. The Hall–Kier alpha value is -1.40. The number of thiophene rings is 1. The van der Waals surface area contributed by atoms with E-state index in [-0.39, 0.29) is 0 Å². The van der Waals surface area contributed by atoms with E-state index in [1.807, 2.05) is 0 Å². The van der Waals surface area contributed by atoms with Crippen LogP contribution in [0.2, 0.25) is 0 Å². The van der Waals surface area contributed by atoms with Gasteiger partial charge in [0.2, 0.25) is 0 Å². The summed E-state index contributed by atoms with van der Waals surface area (Å²) in [7, 11) is 0. The first-order valence-electron chi connectivity index (χ1n) is 5.95. The summed E-state index contributed by atoms with van der Waals surface area (Å²) in [6.07, 6.45) is 3.35. The molecule has 6 heteroatoms. The van der Waals surface area contributed by atoms with E-state index in [0.717, 1.165) is 36.5 Å². The second kappa shape index (κ2) is 4.70. The first-order valence-corrected chi connectivity index (χ1v) is 7.30. The number of nitrogens with zero attached hydrogens (tertiary/aromatic N) is 2. The van der Waals surface area contributed by atoms with Gasteiger partial charge in [0.1, 0.15) is 5.82 Å². The predicted molar refractivity (Wildman–Crippen MR) is 79.2 cm³/mol. The molecule has 0 fully saturated rings. The number of nitrogens with one attached hydrogen (secondary N) is 1. The Balaban J connectivity index is 2.17. The lowest BCUT2D eigenvalue weighted by molar-refractivity contribution is 0.782. The zero-order valence-electron chi connectivity index (χ0n) is 9.85. The van der Waals surface area contributed by atoms with E-state index in [4.69, 9.17) is 18.0 Å². The van der Waals surface area contributed by atoms with Crippen molar-refractivity contribution in [2.75, 3.05) is 11.9 Å². The minimum atomic E-state index is 0.294. The van der Waals surface area contributed by atoms with Gasteiger partial charge in [0.15, 0.2) is 5.11 Å². The van der Waals surface area contributed by atoms with Crippen LogP contribution in [0.4, 0.5) is 5.82 Å². The molecule has 3 rings (SSSR count). The molecule has 1 aliphatic rings. The molecule has 0 atom stereocenters. The summed E-state index contributed by atoms with van der Waals surface area (Å²) in [4.78, 5) is 0. The average Bonchev–Trinajstić information content (AvgIpc) is 2.91. The molecule has 94 valence electrons. The molecule has 4 nitrogen and oxygen atoms in total.